The number of nitrogens with zero attached hydrogens (tertiary/aromatic N) is 3. The third-order valence-electron chi connectivity index (χ3n) is 4.38. The Balaban J connectivity index is 1.49. The van der Waals surface area contributed by atoms with E-state index < -0.39 is 6.10 Å². The van der Waals surface area contributed by atoms with Crippen LogP contribution in [-0.2, 0) is 4.79 Å². The predicted octanol–water partition coefficient (Wildman–Crippen LogP) is 1.48. The van der Waals surface area contributed by atoms with Crippen molar-refractivity contribution in [3.8, 4) is 5.75 Å². The lowest BCUT2D eigenvalue weighted by Gasteiger charge is -2.36. The molecule has 0 unspecified atom stereocenters. The number of aliphatic hydroxyl groups excluding tert-OH is 1. The molecular formula is C19H23N3O3. The molecule has 1 aliphatic heterocycles. The fourth-order valence-corrected chi connectivity index (χ4v) is 2.89. The number of para-hydroxylation sites is 1. The summed E-state index contributed by atoms with van der Waals surface area (Å²) in [6.45, 7) is 4.50. The number of anilines is 1. The second-order valence-corrected chi connectivity index (χ2v) is 6.12. The number of ether oxygens (including phenoxy) is 1. The molecule has 0 saturated carbocycles. The Morgan fingerprint density at radius 1 is 1.20 bits per heavy atom. The molecule has 3 rings (SSSR count). The van der Waals surface area contributed by atoms with Crippen molar-refractivity contribution in [1.29, 1.82) is 0 Å². The number of hydrogen-bond donors (Lipinski definition) is 1. The molecule has 1 N–H and O–H groups in total. The lowest BCUT2D eigenvalue weighted by Crippen LogP contribution is -2.52. The van der Waals surface area contributed by atoms with E-state index >= 15 is 0 Å². The van der Waals surface area contributed by atoms with E-state index in [0.29, 0.717) is 18.8 Å². The highest BCUT2D eigenvalue weighted by atomic mass is 16.5. The van der Waals surface area contributed by atoms with Gasteiger partial charge in [-0.15, -0.1) is 0 Å². The lowest BCUT2D eigenvalue weighted by atomic mass is 10.2. The summed E-state index contributed by atoms with van der Waals surface area (Å²) in [6, 6.07) is 11.5. The smallest absolute Gasteiger partial charge is 0.255 e. The molecule has 1 fully saturated rings. The van der Waals surface area contributed by atoms with Crippen LogP contribution in [0, 0.1) is 6.92 Å². The van der Waals surface area contributed by atoms with Gasteiger partial charge in [-0.2, -0.15) is 0 Å². The number of carbonyl (C=O) groups is 1. The van der Waals surface area contributed by atoms with Crippen molar-refractivity contribution < 1.29 is 14.6 Å². The van der Waals surface area contributed by atoms with Crippen LogP contribution in [0.25, 0.3) is 0 Å². The standard InChI is InChI=1S/C19H23N3O3/c1-15-5-2-3-7-18(15)25-14-17(23)19(24)22-11-9-21(10-12-22)16-6-4-8-20-13-16/h2-8,13,17,23H,9-12,14H2,1H3/t17-/m0/s1. The number of rotatable bonds is 5. The van der Waals surface area contributed by atoms with Gasteiger partial charge < -0.3 is 19.6 Å². The maximum atomic E-state index is 12.4. The fourth-order valence-electron chi connectivity index (χ4n) is 2.89. The highest BCUT2D eigenvalue weighted by Gasteiger charge is 2.26. The van der Waals surface area contributed by atoms with Crippen molar-refractivity contribution in [3.05, 3.63) is 54.4 Å². The first-order valence-corrected chi connectivity index (χ1v) is 8.45. The Bertz CT molecular complexity index is 700. The van der Waals surface area contributed by atoms with Crippen molar-refractivity contribution in [2.75, 3.05) is 37.7 Å². The average molecular weight is 341 g/mol. The van der Waals surface area contributed by atoms with Gasteiger partial charge in [0, 0.05) is 32.4 Å². The number of aryl methyl sites for hydroxylation is 1. The monoisotopic (exact) mass is 341 g/mol. The van der Waals surface area contributed by atoms with Gasteiger partial charge >= 0.3 is 0 Å². The molecular weight excluding hydrogens is 318 g/mol. The molecule has 1 amide bonds. The summed E-state index contributed by atoms with van der Waals surface area (Å²) in [5.74, 6) is 0.412. The predicted molar refractivity (Wildman–Crippen MR) is 95.7 cm³/mol. The summed E-state index contributed by atoms with van der Waals surface area (Å²) in [6.07, 6.45) is 2.42. The molecule has 1 aromatic carbocycles. The number of pyridine rings is 1. The van der Waals surface area contributed by atoms with Crippen LogP contribution >= 0.6 is 0 Å². The molecule has 1 aromatic heterocycles. The van der Waals surface area contributed by atoms with E-state index in [9.17, 15) is 9.90 Å². The second-order valence-electron chi connectivity index (χ2n) is 6.12. The minimum Gasteiger partial charge on any atom is -0.490 e. The minimum absolute atomic E-state index is 0.0352. The van der Waals surface area contributed by atoms with Gasteiger partial charge in [-0.05, 0) is 30.7 Å². The molecule has 1 aliphatic rings. The van der Waals surface area contributed by atoms with Crippen LogP contribution in [0.1, 0.15) is 5.56 Å². The van der Waals surface area contributed by atoms with E-state index in [1.165, 1.54) is 0 Å². The second kappa shape index (κ2) is 7.98. The number of benzene rings is 1. The molecule has 0 radical (unpaired) electrons. The fraction of sp³-hybridized carbons (Fsp3) is 0.368. The lowest BCUT2D eigenvalue weighted by molar-refractivity contribution is -0.142. The van der Waals surface area contributed by atoms with Gasteiger partial charge in [-0.25, -0.2) is 0 Å². The van der Waals surface area contributed by atoms with E-state index in [1.807, 2.05) is 49.5 Å². The zero-order valence-corrected chi connectivity index (χ0v) is 14.3. The third kappa shape index (κ3) is 4.28. The first kappa shape index (κ1) is 17.2. The van der Waals surface area contributed by atoms with E-state index in [0.717, 1.165) is 24.3 Å². The Labute approximate surface area is 147 Å². The number of piperazine rings is 1. The molecule has 0 aliphatic carbocycles. The molecule has 0 spiro atoms. The summed E-state index contributed by atoms with van der Waals surface area (Å²) in [5, 5.41) is 10.2. The molecule has 2 aromatic rings. The zero-order chi connectivity index (χ0) is 17.6. The van der Waals surface area contributed by atoms with Crippen LogP contribution in [0.15, 0.2) is 48.8 Å². The van der Waals surface area contributed by atoms with Crippen LogP contribution in [0.5, 0.6) is 5.75 Å². The van der Waals surface area contributed by atoms with Gasteiger partial charge in [-0.1, -0.05) is 18.2 Å². The molecule has 25 heavy (non-hydrogen) atoms. The zero-order valence-electron chi connectivity index (χ0n) is 14.3. The van der Waals surface area contributed by atoms with Crippen molar-refractivity contribution in [3.63, 3.8) is 0 Å². The van der Waals surface area contributed by atoms with Gasteiger partial charge in [0.15, 0.2) is 6.10 Å². The van der Waals surface area contributed by atoms with Crippen molar-refractivity contribution in [1.82, 2.24) is 9.88 Å². The molecule has 0 bridgehead atoms. The number of amides is 1. The normalized spacial score (nSPS) is 15.8. The summed E-state index contributed by atoms with van der Waals surface area (Å²) in [4.78, 5) is 20.4. The van der Waals surface area contributed by atoms with Crippen molar-refractivity contribution in [2.45, 2.75) is 13.0 Å². The van der Waals surface area contributed by atoms with Gasteiger partial charge in [-0.3, -0.25) is 9.78 Å². The maximum absolute atomic E-state index is 12.4. The summed E-state index contributed by atoms with van der Waals surface area (Å²) < 4.78 is 5.58. The SMILES string of the molecule is Cc1ccccc1OC[C@H](O)C(=O)N1CCN(c2cccnc2)CC1. The number of aliphatic hydroxyl groups is 1. The van der Waals surface area contributed by atoms with E-state index in [4.69, 9.17) is 4.74 Å². The molecule has 2 heterocycles. The van der Waals surface area contributed by atoms with E-state index in [1.54, 1.807) is 11.1 Å². The Morgan fingerprint density at radius 2 is 1.96 bits per heavy atom. The van der Waals surface area contributed by atoms with Crippen LogP contribution in [-0.4, -0.2) is 59.8 Å². The average Bonchev–Trinajstić information content (AvgIpc) is 2.67. The Hall–Kier alpha value is -2.60. The van der Waals surface area contributed by atoms with Gasteiger partial charge in [0.25, 0.3) is 5.91 Å². The first-order valence-electron chi connectivity index (χ1n) is 8.45. The quantitative estimate of drug-likeness (QED) is 0.892. The molecule has 6 nitrogen and oxygen atoms in total. The highest BCUT2D eigenvalue weighted by Crippen LogP contribution is 2.17. The van der Waals surface area contributed by atoms with Gasteiger partial charge in [0.1, 0.15) is 12.4 Å². The molecule has 1 saturated heterocycles. The van der Waals surface area contributed by atoms with E-state index in [-0.39, 0.29) is 12.5 Å². The van der Waals surface area contributed by atoms with Crippen molar-refractivity contribution >= 4 is 11.6 Å². The summed E-state index contributed by atoms with van der Waals surface area (Å²) in [5.41, 5.74) is 2.03. The number of carbonyl (C=O) groups excluding carboxylic acids is 1. The third-order valence-corrected chi connectivity index (χ3v) is 4.38. The van der Waals surface area contributed by atoms with Gasteiger partial charge in [0.05, 0.1) is 11.9 Å². The number of hydrogen-bond acceptors (Lipinski definition) is 5. The van der Waals surface area contributed by atoms with Crippen LogP contribution in [0.3, 0.4) is 0 Å². The van der Waals surface area contributed by atoms with E-state index in [2.05, 4.69) is 9.88 Å². The Kier molecular flexibility index (Phi) is 5.50. The first-order chi connectivity index (χ1) is 12.1. The molecule has 6 heteroatoms. The Morgan fingerprint density at radius 3 is 2.64 bits per heavy atom. The van der Waals surface area contributed by atoms with Crippen LogP contribution in [0.2, 0.25) is 0 Å². The van der Waals surface area contributed by atoms with Crippen LogP contribution in [0.4, 0.5) is 5.69 Å². The van der Waals surface area contributed by atoms with Crippen molar-refractivity contribution in [2.24, 2.45) is 0 Å². The minimum atomic E-state index is -1.15. The summed E-state index contributed by atoms with van der Waals surface area (Å²) in [7, 11) is 0. The molecule has 132 valence electrons. The highest BCUT2D eigenvalue weighted by molar-refractivity contribution is 5.81. The summed E-state index contributed by atoms with van der Waals surface area (Å²) >= 11 is 0. The van der Waals surface area contributed by atoms with Crippen LogP contribution < -0.4 is 9.64 Å². The number of aromatic nitrogens is 1. The van der Waals surface area contributed by atoms with Gasteiger partial charge in [0.2, 0.25) is 0 Å². The maximum Gasteiger partial charge on any atom is 0.255 e. The molecule has 1 atom stereocenters. The topological polar surface area (TPSA) is 65.9 Å². The largest absolute Gasteiger partial charge is 0.490 e.